The maximum atomic E-state index is 12.1. The van der Waals surface area contributed by atoms with E-state index in [0.717, 1.165) is 0 Å². The molecule has 0 bridgehead atoms. The molecule has 1 aromatic carbocycles. The van der Waals surface area contributed by atoms with Crippen LogP contribution in [0.1, 0.15) is 25.8 Å². The zero-order valence-electron chi connectivity index (χ0n) is 11.8. The molecule has 1 saturated heterocycles. The zero-order valence-corrected chi connectivity index (χ0v) is 11.8. The van der Waals surface area contributed by atoms with Crippen LogP contribution in [0.4, 0.5) is 11.4 Å². The Labute approximate surface area is 121 Å². The maximum absolute atomic E-state index is 12.1. The highest BCUT2D eigenvalue weighted by Crippen LogP contribution is 2.33. The molecule has 8 nitrogen and oxygen atoms in total. The third-order valence-electron chi connectivity index (χ3n) is 3.47. The van der Waals surface area contributed by atoms with Crippen molar-refractivity contribution in [3.63, 3.8) is 0 Å². The summed E-state index contributed by atoms with van der Waals surface area (Å²) >= 11 is 0. The maximum Gasteiger partial charge on any atom is 0.293 e. The van der Waals surface area contributed by atoms with Gasteiger partial charge in [-0.05, 0) is 11.6 Å². The molecule has 2 rings (SSSR count). The first-order valence-electron chi connectivity index (χ1n) is 6.35. The number of imide groups is 1. The van der Waals surface area contributed by atoms with Gasteiger partial charge in [-0.1, -0.05) is 19.9 Å². The molecule has 0 atom stereocenters. The molecule has 1 aliphatic rings. The van der Waals surface area contributed by atoms with Crippen molar-refractivity contribution in [2.24, 2.45) is 11.3 Å². The molecule has 1 aromatic rings. The molecule has 3 N–H and O–H groups in total. The van der Waals surface area contributed by atoms with Gasteiger partial charge in [0.25, 0.3) is 5.69 Å². The molecule has 0 spiro atoms. The van der Waals surface area contributed by atoms with E-state index in [9.17, 15) is 19.7 Å². The normalized spacial score (nSPS) is 17.2. The predicted octanol–water partition coefficient (Wildman–Crippen LogP) is 1.17. The number of nitro benzene ring substituents is 1. The summed E-state index contributed by atoms with van der Waals surface area (Å²) in [4.78, 5) is 35.4. The van der Waals surface area contributed by atoms with Gasteiger partial charge in [-0.25, -0.2) is 0 Å². The average molecular weight is 292 g/mol. The zero-order chi connectivity index (χ0) is 15.8. The van der Waals surface area contributed by atoms with Gasteiger partial charge in [0.1, 0.15) is 5.69 Å². The lowest BCUT2D eigenvalue weighted by molar-refractivity contribution is -0.384. The van der Waals surface area contributed by atoms with Crippen LogP contribution in [0.3, 0.4) is 0 Å². The number of nitrogens with zero attached hydrogens (tertiary/aromatic N) is 2. The Kier molecular flexibility index (Phi) is 3.65. The van der Waals surface area contributed by atoms with E-state index in [2.05, 4.69) is 5.43 Å². The number of hydrogen-bond acceptors (Lipinski definition) is 6. The van der Waals surface area contributed by atoms with Gasteiger partial charge in [0.15, 0.2) is 0 Å². The second kappa shape index (κ2) is 5.13. The van der Waals surface area contributed by atoms with Gasteiger partial charge in [0.2, 0.25) is 11.8 Å². The molecule has 1 aliphatic heterocycles. The molecule has 0 aliphatic carbocycles. The number of anilines is 1. The third-order valence-corrected chi connectivity index (χ3v) is 3.47. The van der Waals surface area contributed by atoms with Crippen molar-refractivity contribution in [1.29, 1.82) is 0 Å². The number of nitrogens with two attached hydrogens (primary N) is 1. The van der Waals surface area contributed by atoms with Crippen LogP contribution in [0, 0.1) is 15.5 Å². The molecule has 112 valence electrons. The van der Waals surface area contributed by atoms with Crippen molar-refractivity contribution < 1.29 is 14.5 Å². The molecule has 8 heteroatoms. The Morgan fingerprint density at radius 2 is 2.10 bits per heavy atom. The first kappa shape index (κ1) is 14.9. The highest BCUT2D eigenvalue weighted by Gasteiger charge is 2.44. The molecule has 2 amide bonds. The van der Waals surface area contributed by atoms with Crippen LogP contribution >= 0.6 is 0 Å². The van der Waals surface area contributed by atoms with Crippen LogP contribution in [-0.2, 0) is 16.1 Å². The smallest absolute Gasteiger partial charge is 0.293 e. The molecule has 1 fully saturated rings. The van der Waals surface area contributed by atoms with Crippen molar-refractivity contribution in [2.45, 2.75) is 26.8 Å². The van der Waals surface area contributed by atoms with Gasteiger partial charge in [0, 0.05) is 12.5 Å². The third kappa shape index (κ3) is 2.70. The first-order chi connectivity index (χ1) is 9.76. The summed E-state index contributed by atoms with van der Waals surface area (Å²) in [6, 6.07) is 4.26. The lowest BCUT2D eigenvalue weighted by Gasteiger charge is -2.18. The number of benzene rings is 1. The Balaban J connectivity index is 2.27. The minimum absolute atomic E-state index is 0.0772. The van der Waals surface area contributed by atoms with Crippen LogP contribution in [0.5, 0.6) is 0 Å². The fraction of sp³-hybridized carbons (Fsp3) is 0.385. The van der Waals surface area contributed by atoms with E-state index < -0.39 is 10.3 Å². The molecule has 1 heterocycles. The van der Waals surface area contributed by atoms with Gasteiger partial charge >= 0.3 is 0 Å². The van der Waals surface area contributed by atoms with E-state index in [0.29, 0.717) is 5.56 Å². The fourth-order valence-corrected chi connectivity index (χ4v) is 2.33. The molecular formula is C13H16N4O4. The van der Waals surface area contributed by atoms with E-state index >= 15 is 0 Å². The number of carbonyl (C=O) groups is 2. The van der Waals surface area contributed by atoms with Crippen LogP contribution in [-0.4, -0.2) is 21.6 Å². The number of carbonyl (C=O) groups excluding carboxylic acids is 2. The Morgan fingerprint density at radius 3 is 2.57 bits per heavy atom. The number of likely N-dealkylation sites (tertiary alicyclic amines) is 1. The molecule has 21 heavy (non-hydrogen) atoms. The van der Waals surface area contributed by atoms with Crippen LogP contribution in [0.25, 0.3) is 0 Å². The second-order valence-corrected chi connectivity index (χ2v) is 5.60. The summed E-state index contributed by atoms with van der Waals surface area (Å²) in [6.45, 7) is 3.51. The van der Waals surface area contributed by atoms with Gasteiger partial charge in [-0.2, -0.15) is 0 Å². The number of nitrogen functional groups attached to an aromatic ring is 1. The summed E-state index contributed by atoms with van der Waals surface area (Å²) in [5, 5.41) is 10.8. The predicted molar refractivity (Wildman–Crippen MR) is 74.9 cm³/mol. The highest BCUT2D eigenvalue weighted by molar-refractivity contribution is 6.05. The lowest BCUT2D eigenvalue weighted by atomic mass is 9.92. The quantitative estimate of drug-likeness (QED) is 0.372. The van der Waals surface area contributed by atoms with E-state index in [4.69, 9.17) is 5.84 Å². The van der Waals surface area contributed by atoms with Crippen molar-refractivity contribution in [1.82, 2.24) is 4.90 Å². The van der Waals surface area contributed by atoms with E-state index in [1.165, 1.54) is 23.1 Å². The summed E-state index contributed by atoms with van der Waals surface area (Å²) in [6.07, 6.45) is 0.167. The summed E-state index contributed by atoms with van der Waals surface area (Å²) in [5.74, 6) is 4.77. The van der Waals surface area contributed by atoms with Crippen molar-refractivity contribution in [3.8, 4) is 0 Å². The topological polar surface area (TPSA) is 119 Å². The standard InChI is InChI=1S/C13H16N4O4/c1-13(2)6-11(18)16(12(13)19)7-8-3-4-10(17(20)21)9(5-8)15-14/h3-5,15H,6-7,14H2,1-2H3. The number of amides is 2. The van der Waals surface area contributed by atoms with Crippen molar-refractivity contribution in [3.05, 3.63) is 33.9 Å². The largest absolute Gasteiger partial charge is 0.318 e. The van der Waals surface area contributed by atoms with Crippen LogP contribution < -0.4 is 11.3 Å². The summed E-state index contributed by atoms with van der Waals surface area (Å²) < 4.78 is 0. The Bertz CT molecular complexity index is 627. The SMILES string of the molecule is CC1(C)CC(=O)N(Cc2ccc([N+](=O)[O-])c(NN)c2)C1=O. The van der Waals surface area contributed by atoms with Gasteiger partial charge in [0.05, 0.1) is 16.9 Å². The van der Waals surface area contributed by atoms with Crippen molar-refractivity contribution in [2.75, 3.05) is 5.43 Å². The van der Waals surface area contributed by atoms with E-state index in [1.54, 1.807) is 13.8 Å². The minimum atomic E-state index is -0.702. The van der Waals surface area contributed by atoms with E-state index in [-0.39, 0.29) is 36.2 Å². The number of hydrogen-bond donors (Lipinski definition) is 2. The Morgan fingerprint density at radius 1 is 1.43 bits per heavy atom. The van der Waals surface area contributed by atoms with Gasteiger partial charge in [-0.3, -0.25) is 30.4 Å². The molecular weight excluding hydrogens is 276 g/mol. The molecule has 0 saturated carbocycles. The van der Waals surface area contributed by atoms with Gasteiger partial charge in [-0.15, -0.1) is 0 Å². The monoisotopic (exact) mass is 292 g/mol. The van der Waals surface area contributed by atoms with Gasteiger partial charge < -0.3 is 5.43 Å². The lowest BCUT2D eigenvalue weighted by Crippen LogP contribution is -2.32. The second-order valence-electron chi connectivity index (χ2n) is 5.60. The average Bonchev–Trinajstić information content (AvgIpc) is 2.60. The van der Waals surface area contributed by atoms with E-state index in [1.807, 2.05) is 0 Å². The number of hydrazine groups is 1. The van der Waals surface area contributed by atoms with Crippen LogP contribution in [0.2, 0.25) is 0 Å². The van der Waals surface area contributed by atoms with Crippen molar-refractivity contribution >= 4 is 23.2 Å². The Hall–Kier alpha value is -2.48. The number of nitrogens with one attached hydrogen (secondary N) is 1. The highest BCUT2D eigenvalue weighted by atomic mass is 16.6. The number of nitro groups is 1. The molecule has 0 unspecified atom stereocenters. The summed E-state index contributed by atoms with van der Waals surface area (Å²) in [7, 11) is 0. The molecule has 0 radical (unpaired) electrons. The minimum Gasteiger partial charge on any atom is -0.318 e. The fourth-order valence-electron chi connectivity index (χ4n) is 2.33. The first-order valence-corrected chi connectivity index (χ1v) is 6.35. The summed E-state index contributed by atoms with van der Waals surface area (Å²) in [5.41, 5.74) is 2.11. The number of rotatable bonds is 4. The van der Waals surface area contributed by atoms with Crippen LogP contribution in [0.15, 0.2) is 18.2 Å². The molecule has 0 aromatic heterocycles.